The molecule has 0 fully saturated rings. The van der Waals surface area contributed by atoms with Crippen molar-refractivity contribution in [3.63, 3.8) is 0 Å². The summed E-state index contributed by atoms with van der Waals surface area (Å²) in [6.07, 6.45) is 0. The summed E-state index contributed by atoms with van der Waals surface area (Å²) >= 11 is 0. The first kappa shape index (κ1) is 13.4. The number of benzene rings is 1. The molecule has 1 unspecified atom stereocenters. The van der Waals surface area contributed by atoms with E-state index in [2.05, 4.69) is 30.7 Å². The number of H-pyrrole nitrogens is 1. The van der Waals surface area contributed by atoms with Crippen LogP contribution in [-0.4, -0.2) is 36.1 Å². The first-order valence-electron chi connectivity index (χ1n) is 5.56. The zero-order valence-corrected chi connectivity index (χ0v) is 11.3. The van der Waals surface area contributed by atoms with E-state index < -0.39 is 10.0 Å². The van der Waals surface area contributed by atoms with Crippen LogP contribution < -0.4 is 10.0 Å². The van der Waals surface area contributed by atoms with E-state index in [4.69, 9.17) is 0 Å². The number of sulfonamides is 1. The molecule has 0 bridgehead atoms. The monoisotopic (exact) mass is 282 g/mol. The number of tetrazole rings is 1. The minimum Gasteiger partial charge on any atom is -0.375 e. The molecule has 1 aromatic heterocycles. The van der Waals surface area contributed by atoms with Gasteiger partial charge in [0.05, 0.1) is 10.9 Å². The highest BCUT2D eigenvalue weighted by Crippen LogP contribution is 2.18. The van der Waals surface area contributed by atoms with Gasteiger partial charge in [0.25, 0.3) is 0 Å². The zero-order chi connectivity index (χ0) is 13.9. The minimum atomic E-state index is -3.40. The highest BCUT2D eigenvalue weighted by Gasteiger charge is 2.12. The molecule has 3 N–H and O–H groups in total. The zero-order valence-electron chi connectivity index (χ0n) is 10.5. The summed E-state index contributed by atoms with van der Waals surface area (Å²) in [7, 11) is -2.03. The Labute approximate surface area is 110 Å². The van der Waals surface area contributed by atoms with E-state index in [9.17, 15) is 8.42 Å². The number of nitrogens with one attached hydrogen (secondary N) is 3. The number of aromatic amines is 1. The molecule has 1 heterocycles. The molecule has 0 saturated heterocycles. The molecule has 2 aromatic rings. The van der Waals surface area contributed by atoms with Crippen LogP contribution in [-0.2, 0) is 10.0 Å². The van der Waals surface area contributed by atoms with Crippen molar-refractivity contribution >= 4 is 15.7 Å². The molecule has 2 rings (SSSR count). The predicted octanol–water partition coefficient (Wildman–Crippen LogP) is 0.281. The Morgan fingerprint density at radius 1 is 1.26 bits per heavy atom. The van der Waals surface area contributed by atoms with Gasteiger partial charge in [0.15, 0.2) is 5.82 Å². The van der Waals surface area contributed by atoms with E-state index in [-0.39, 0.29) is 10.9 Å². The molecule has 19 heavy (non-hydrogen) atoms. The van der Waals surface area contributed by atoms with E-state index in [1.54, 1.807) is 12.1 Å². The lowest BCUT2D eigenvalue weighted by Gasteiger charge is -2.11. The molecular formula is C10H14N6O2S. The molecule has 8 nitrogen and oxygen atoms in total. The Morgan fingerprint density at radius 2 is 1.95 bits per heavy atom. The normalized spacial score (nSPS) is 13.2. The van der Waals surface area contributed by atoms with E-state index in [0.717, 1.165) is 5.69 Å². The number of hydrogen-bond donors (Lipinski definition) is 3. The Bertz CT molecular complexity index is 623. The predicted molar refractivity (Wildman–Crippen MR) is 68.9 cm³/mol. The van der Waals surface area contributed by atoms with Gasteiger partial charge in [-0.15, -0.1) is 10.2 Å². The van der Waals surface area contributed by atoms with Gasteiger partial charge in [0, 0.05) is 5.69 Å². The molecule has 0 amide bonds. The van der Waals surface area contributed by atoms with Crippen LogP contribution in [0.3, 0.4) is 0 Å². The van der Waals surface area contributed by atoms with Crippen molar-refractivity contribution in [1.82, 2.24) is 25.3 Å². The van der Waals surface area contributed by atoms with Crippen LogP contribution in [0, 0.1) is 0 Å². The molecule has 1 atom stereocenters. The lowest BCUT2D eigenvalue weighted by atomic mass is 10.2. The highest BCUT2D eigenvalue weighted by atomic mass is 32.2. The fourth-order valence-corrected chi connectivity index (χ4v) is 2.25. The van der Waals surface area contributed by atoms with Crippen molar-refractivity contribution in [2.45, 2.75) is 17.9 Å². The van der Waals surface area contributed by atoms with Crippen LogP contribution in [0.5, 0.6) is 0 Å². The van der Waals surface area contributed by atoms with Gasteiger partial charge in [-0.05, 0) is 38.2 Å². The molecule has 0 radical (unpaired) electrons. The summed E-state index contributed by atoms with van der Waals surface area (Å²) < 4.78 is 25.4. The average Bonchev–Trinajstić information content (AvgIpc) is 2.93. The maximum absolute atomic E-state index is 11.6. The van der Waals surface area contributed by atoms with Gasteiger partial charge in [-0.25, -0.2) is 13.1 Å². The maximum atomic E-state index is 11.6. The van der Waals surface area contributed by atoms with Crippen LogP contribution in [0.2, 0.25) is 0 Å². The van der Waals surface area contributed by atoms with Gasteiger partial charge in [-0.2, -0.15) is 5.21 Å². The number of anilines is 1. The lowest BCUT2D eigenvalue weighted by Crippen LogP contribution is -2.18. The molecule has 9 heteroatoms. The Balaban J connectivity index is 2.11. The summed E-state index contributed by atoms with van der Waals surface area (Å²) in [6, 6.07) is 6.28. The van der Waals surface area contributed by atoms with Gasteiger partial charge >= 0.3 is 0 Å². The van der Waals surface area contributed by atoms with E-state index in [1.807, 2.05) is 6.92 Å². The van der Waals surface area contributed by atoms with Crippen molar-refractivity contribution in [3.05, 3.63) is 30.1 Å². The third-order valence-electron chi connectivity index (χ3n) is 2.57. The molecule has 0 saturated carbocycles. The van der Waals surface area contributed by atoms with Crippen molar-refractivity contribution in [1.29, 1.82) is 0 Å². The van der Waals surface area contributed by atoms with E-state index in [0.29, 0.717) is 5.82 Å². The highest BCUT2D eigenvalue weighted by molar-refractivity contribution is 7.89. The van der Waals surface area contributed by atoms with Gasteiger partial charge in [-0.3, -0.25) is 0 Å². The second kappa shape index (κ2) is 5.33. The molecule has 1 aromatic carbocycles. The van der Waals surface area contributed by atoms with E-state index in [1.165, 1.54) is 19.2 Å². The van der Waals surface area contributed by atoms with Crippen molar-refractivity contribution in [3.8, 4) is 0 Å². The topological polar surface area (TPSA) is 113 Å². The summed E-state index contributed by atoms with van der Waals surface area (Å²) in [5, 5.41) is 16.7. The van der Waals surface area contributed by atoms with Crippen LogP contribution in [0.15, 0.2) is 29.2 Å². The van der Waals surface area contributed by atoms with E-state index >= 15 is 0 Å². The quantitative estimate of drug-likeness (QED) is 0.726. The number of hydrogen-bond acceptors (Lipinski definition) is 6. The number of rotatable bonds is 5. The first-order chi connectivity index (χ1) is 9.03. The first-order valence-corrected chi connectivity index (χ1v) is 7.05. The van der Waals surface area contributed by atoms with Gasteiger partial charge in [0.2, 0.25) is 10.0 Å². The van der Waals surface area contributed by atoms with Gasteiger partial charge in [-0.1, -0.05) is 5.21 Å². The standard InChI is InChI=1S/C10H14N6O2S/c1-7(10-13-15-16-14-10)12-8-3-5-9(6-4-8)19(17,18)11-2/h3-7,11-12H,1-2H3,(H,13,14,15,16). The second-order valence-corrected chi connectivity index (χ2v) is 5.75. The van der Waals surface area contributed by atoms with Gasteiger partial charge in [0.1, 0.15) is 0 Å². The largest absolute Gasteiger partial charge is 0.375 e. The fourth-order valence-electron chi connectivity index (χ4n) is 1.52. The van der Waals surface area contributed by atoms with Crippen LogP contribution in [0.1, 0.15) is 18.8 Å². The Kier molecular flexibility index (Phi) is 3.76. The molecule has 102 valence electrons. The third kappa shape index (κ3) is 3.06. The lowest BCUT2D eigenvalue weighted by molar-refractivity contribution is 0.588. The summed E-state index contributed by atoms with van der Waals surface area (Å²) in [5.74, 6) is 0.534. The third-order valence-corrected chi connectivity index (χ3v) is 4.00. The van der Waals surface area contributed by atoms with Crippen LogP contribution in [0.25, 0.3) is 0 Å². The number of aromatic nitrogens is 4. The average molecular weight is 282 g/mol. The Morgan fingerprint density at radius 3 is 2.47 bits per heavy atom. The smallest absolute Gasteiger partial charge is 0.240 e. The van der Waals surface area contributed by atoms with Crippen molar-refractivity contribution in [2.24, 2.45) is 0 Å². The molecular weight excluding hydrogens is 268 g/mol. The molecule has 0 aliphatic carbocycles. The van der Waals surface area contributed by atoms with Crippen LogP contribution in [0.4, 0.5) is 5.69 Å². The van der Waals surface area contributed by atoms with Gasteiger partial charge < -0.3 is 5.32 Å². The number of nitrogens with zero attached hydrogens (tertiary/aromatic N) is 3. The van der Waals surface area contributed by atoms with Crippen LogP contribution >= 0.6 is 0 Å². The maximum Gasteiger partial charge on any atom is 0.240 e. The fraction of sp³-hybridized carbons (Fsp3) is 0.300. The summed E-state index contributed by atoms with van der Waals surface area (Å²) in [6.45, 7) is 1.88. The minimum absolute atomic E-state index is 0.134. The summed E-state index contributed by atoms with van der Waals surface area (Å²) in [5.41, 5.74) is 0.771. The summed E-state index contributed by atoms with van der Waals surface area (Å²) in [4.78, 5) is 0.216. The molecule has 0 spiro atoms. The second-order valence-electron chi connectivity index (χ2n) is 3.87. The SMILES string of the molecule is CNS(=O)(=O)c1ccc(NC(C)c2nn[nH]n2)cc1. The molecule has 0 aliphatic heterocycles. The van der Waals surface area contributed by atoms with Crippen molar-refractivity contribution < 1.29 is 8.42 Å². The molecule has 0 aliphatic rings. The van der Waals surface area contributed by atoms with Crippen molar-refractivity contribution in [2.75, 3.05) is 12.4 Å². The Hall–Kier alpha value is -2.00.